The van der Waals surface area contributed by atoms with Gasteiger partial charge in [0, 0.05) is 26.0 Å². The fourth-order valence-corrected chi connectivity index (χ4v) is 3.80. The van der Waals surface area contributed by atoms with Gasteiger partial charge in [-0.05, 0) is 35.8 Å². The van der Waals surface area contributed by atoms with E-state index in [0.29, 0.717) is 6.42 Å². The lowest BCUT2D eigenvalue weighted by Crippen LogP contribution is -1.98. The zero-order valence-electron chi connectivity index (χ0n) is 9.03. The Bertz CT molecular complexity index is 472. The van der Waals surface area contributed by atoms with Crippen molar-refractivity contribution in [1.82, 2.24) is 4.98 Å². The van der Waals surface area contributed by atoms with E-state index in [4.69, 9.17) is 0 Å². The molecular weight excluding hydrogens is 306 g/mol. The third kappa shape index (κ3) is 2.71. The molecule has 0 saturated carbocycles. The molecule has 0 fully saturated rings. The van der Waals surface area contributed by atoms with Crippen molar-refractivity contribution < 1.29 is 5.11 Å². The summed E-state index contributed by atoms with van der Waals surface area (Å²) in [5.74, 6) is 0. The maximum absolute atomic E-state index is 10.0. The molecule has 0 radical (unpaired) electrons. The van der Waals surface area contributed by atoms with Crippen LogP contribution in [0.1, 0.15) is 26.6 Å². The van der Waals surface area contributed by atoms with E-state index in [9.17, 15) is 5.11 Å². The third-order valence-corrected chi connectivity index (χ3v) is 5.25. The second kappa shape index (κ2) is 4.96. The smallest absolute Gasteiger partial charge is 0.0960 e. The van der Waals surface area contributed by atoms with Gasteiger partial charge < -0.3 is 5.11 Å². The van der Waals surface area contributed by atoms with Gasteiger partial charge in [0.05, 0.1) is 16.8 Å². The summed E-state index contributed by atoms with van der Waals surface area (Å²) < 4.78 is 1.03. The molecule has 2 nitrogen and oxygen atoms in total. The molecule has 2 aromatic heterocycles. The van der Waals surface area contributed by atoms with E-state index >= 15 is 0 Å². The van der Waals surface area contributed by atoms with Gasteiger partial charge >= 0.3 is 0 Å². The maximum atomic E-state index is 10.0. The molecule has 1 N–H and O–H groups in total. The van der Waals surface area contributed by atoms with Crippen LogP contribution in [0.2, 0.25) is 0 Å². The predicted molar refractivity (Wildman–Crippen MR) is 72.3 cm³/mol. The zero-order chi connectivity index (χ0) is 11.7. The minimum absolute atomic E-state index is 0.443. The highest BCUT2D eigenvalue weighted by molar-refractivity contribution is 9.10. The summed E-state index contributed by atoms with van der Waals surface area (Å²) in [4.78, 5) is 6.65. The number of rotatable bonds is 3. The van der Waals surface area contributed by atoms with Crippen LogP contribution in [0.3, 0.4) is 0 Å². The molecule has 0 bridgehead atoms. The number of nitrogens with zero attached hydrogens (tertiary/aromatic N) is 1. The predicted octanol–water partition coefficient (Wildman–Crippen LogP) is 3.86. The van der Waals surface area contributed by atoms with E-state index in [1.54, 1.807) is 22.7 Å². The molecule has 0 aromatic carbocycles. The monoisotopic (exact) mass is 317 g/mol. The van der Waals surface area contributed by atoms with E-state index in [0.717, 1.165) is 20.1 Å². The highest BCUT2D eigenvalue weighted by Crippen LogP contribution is 2.29. The number of hydrogen-bond acceptors (Lipinski definition) is 4. The van der Waals surface area contributed by atoms with Crippen LogP contribution < -0.4 is 0 Å². The number of aliphatic hydroxyl groups is 1. The van der Waals surface area contributed by atoms with Crippen LogP contribution in [0, 0.1) is 13.8 Å². The van der Waals surface area contributed by atoms with Crippen molar-refractivity contribution in [3.05, 3.63) is 36.4 Å². The molecular formula is C11H12BrNOS2. The largest absolute Gasteiger partial charge is 0.387 e. The van der Waals surface area contributed by atoms with Gasteiger partial charge in [-0.15, -0.1) is 22.7 Å². The summed E-state index contributed by atoms with van der Waals surface area (Å²) in [6.45, 7) is 4.06. The fraction of sp³-hybridized carbons (Fsp3) is 0.364. The first-order valence-electron chi connectivity index (χ1n) is 4.91. The van der Waals surface area contributed by atoms with Crippen molar-refractivity contribution in [1.29, 1.82) is 0 Å². The number of halogens is 1. The Hall–Kier alpha value is -0.230. The molecule has 1 atom stereocenters. The summed E-state index contributed by atoms with van der Waals surface area (Å²) in [6, 6.07) is 1.96. The molecule has 16 heavy (non-hydrogen) atoms. The molecule has 0 aliphatic heterocycles. The number of hydrogen-bond donors (Lipinski definition) is 1. The van der Waals surface area contributed by atoms with Crippen molar-refractivity contribution in [2.75, 3.05) is 0 Å². The van der Waals surface area contributed by atoms with Crippen molar-refractivity contribution in [2.24, 2.45) is 0 Å². The van der Waals surface area contributed by atoms with Crippen molar-refractivity contribution in [2.45, 2.75) is 26.4 Å². The Morgan fingerprint density at radius 2 is 2.25 bits per heavy atom. The summed E-state index contributed by atoms with van der Waals surface area (Å²) in [7, 11) is 0. The first-order valence-corrected chi connectivity index (χ1v) is 7.40. The molecule has 2 heterocycles. The Kier molecular flexibility index (Phi) is 3.79. The average Bonchev–Trinajstić information content (AvgIpc) is 2.75. The normalized spacial score (nSPS) is 13.0. The first-order chi connectivity index (χ1) is 7.56. The molecule has 2 aromatic rings. The van der Waals surface area contributed by atoms with Crippen LogP contribution in [0.15, 0.2) is 15.9 Å². The Morgan fingerprint density at radius 1 is 1.50 bits per heavy atom. The van der Waals surface area contributed by atoms with E-state index in [-0.39, 0.29) is 0 Å². The highest BCUT2D eigenvalue weighted by atomic mass is 79.9. The summed E-state index contributed by atoms with van der Waals surface area (Å²) >= 11 is 6.62. The van der Waals surface area contributed by atoms with E-state index in [2.05, 4.69) is 27.8 Å². The molecule has 86 valence electrons. The Balaban J connectivity index is 2.10. The van der Waals surface area contributed by atoms with Gasteiger partial charge in [-0.25, -0.2) is 4.98 Å². The quantitative estimate of drug-likeness (QED) is 0.932. The summed E-state index contributed by atoms with van der Waals surface area (Å²) in [5, 5.41) is 13.0. The Morgan fingerprint density at radius 3 is 2.75 bits per heavy atom. The fourth-order valence-electron chi connectivity index (χ4n) is 1.40. The van der Waals surface area contributed by atoms with Crippen LogP contribution >= 0.6 is 38.6 Å². The van der Waals surface area contributed by atoms with Crippen LogP contribution in [0.5, 0.6) is 0 Å². The number of aromatic nitrogens is 1. The highest BCUT2D eigenvalue weighted by Gasteiger charge is 2.14. The van der Waals surface area contributed by atoms with Gasteiger partial charge in [-0.2, -0.15) is 0 Å². The van der Waals surface area contributed by atoms with Crippen LogP contribution in [0.4, 0.5) is 0 Å². The average molecular weight is 318 g/mol. The number of thiazole rings is 1. The molecule has 5 heteroatoms. The second-order valence-electron chi connectivity index (χ2n) is 3.64. The summed E-state index contributed by atoms with van der Waals surface area (Å²) in [6.07, 6.45) is 0.160. The van der Waals surface area contributed by atoms with Gasteiger partial charge in [0.1, 0.15) is 0 Å². The molecule has 0 spiro atoms. The molecule has 0 saturated heterocycles. The van der Waals surface area contributed by atoms with Gasteiger partial charge in [-0.1, -0.05) is 0 Å². The minimum Gasteiger partial charge on any atom is -0.387 e. The van der Waals surface area contributed by atoms with Crippen molar-refractivity contribution in [3.8, 4) is 0 Å². The number of aryl methyl sites for hydroxylation is 2. The first kappa shape index (κ1) is 12.2. The number of aliphatic hydroxyl groups excluding tert-OH is 1. The van der Waals surface area contributed by atoms with Gasteiger partial charge in [0.2, 0.25) is 0 Å². The van der Waals surface area contributed by atoms with E-state index in [1.807, 2.05) is 18.4 Å². The van der Waals surface area contributed by atoms with Crippen molar-refractivity contribution >= 4 is 38.6 Å². The van der Waals surface area contributed by atoms with Crippen molar-refractivity contribution in [3.63, 3.8) is 0 Å². The van der Waals surface area contributed by atoms with Gasteiger partial charge in [0.15, 0.2) is 0 Å². The SMILES string of the molecule is Cc1nc(CC(O)c2cc(Br)cs2)sc1C. The van der Waals surface area contributed by atoms with E-state index < -0.39 is 6.10 Å². The zero-order valence-corrected chi connectivity index (χ0v) is 12.2. The lowest BCUT2D eigenvalue weighted by atomic mass is 10.2. The molecule has 0 aliphatic rings. The number of thiophene rings is 1. The van der Waals surface area contributed by atoms with Crippen LogP contribution in [-0.2, 0) is 6.42 Å². The van der Waals surface area contributed by atoms with Crippen LogP contribution in [-0.4, -0.2) is 10.1 Å². The maximum Gasteiger partial charge on any atom is 0.0960 e. The minimum atomic E-state index is -0.443. The van der Waals surface area contributed by atoms with Crippen LogP contribution in [0.25, 0.3) is 0 Å². The van der Waals surface area contributed by atoms with Gasteiger partial charge in [0.25, 0.3) is 0 Å². The second-order valence-corrected chi connectivity index (χ2v) is 6.78. The lowest BCUT2D eigenvalue weighted by Gasteiger charge is -2.04. The molecule has 0 aliphatic carbocycles. The lowest BCUT2D eigenvalue weighted by molar-refractivity contribution is 0.182. The third-order valence-electron chi connectivity index (χ3n) is 2.36. The summed E-state index contributed by atoms with van der Waals surface area (Å²) in [5.41, 5.74) is 1.07. The Labute approximate surface area is 111 Å². The van der Waals surface area contributed by atoms with Gasteiger partial charge in [-0.3, -0.25) is 0 Å². The topological polar surface area (TPSA) is 33.1 Å². The standard InChI is InChI=1S/C11H12BrNOS2/c1-6-7(2)16-11(13-6)4-9(14)10-3-8(12)5-15-10/h3,5,9,14H,4H2,1-2H3. The molecule has 0 amide bonds. The molecule has 2 rings (SSSR count). The van der Waals surface area contributed by atoms with E-state index in [1.165, 1.54) is 4.88 Å². The molecule has 1 unspecified atom stereocenters.